The van der Waals surface area contributed by atoms with Crippen molar-refractivity contribution in [3.05, 3.63) is 65.2 Å². The van der Waals surface area contributed by atoms with E-state index in [1.807, 2.05) is 37.4 Å². The van der Waals surface area contributed by atoms with E-state index in [9.17, 15) is 4.39 Å². The van der Waals surface area contributed by atoms with Crippen molar-refractivity contribution in [3.63, 3.8) is 0 Å². The van der Waals surface area contributed by atoms with E-state index in [4.69, 9.17) is 0 Å². The highest BCUT2D eigenvalue weighted by Gasteiger charge is 2.08. The topological polar surface area (TPSA) is 54.2 Å². The van der Waals surface area contributed by atoms with Gasteiger partial charge in [0.2, 0.25) is 0 Å². The number of para-hydroxylation sites is 2. The Bertz CT molecular complexity index is 967. The van der Waals surface area contributed by atoms with Crippen molar-refractivity contribution in [2.24, 2.45) is 4.99 Å². The second-order valence-corrected chi connectivity index (χ2v) is 7.36. The van der Waals surface area contributed by atoms with E-state index in [2.05, 4.69) is 31.2 Å². The zero-order valence-corrected chi connectivity index (χ0v) is 17.3. The highest BCUT2D eigenvalue weighted by atomic mass is 32.2. The van der Waals surface area contributed by atoms with Gasteiger partial charge in [-0.25, -0.2) is 9.37 Å². The number of benzene rings is 2. The van der Waals surface area contributed by atoms with Crippen molar-refractivity contribution in [1.29, 1.82) is 0 Å². The number of aromatic nitrogens is 2. The van der Waals surface area contributed by atoms with Crippen LogP contribution >= 0.6 is 11.8 Å². The van der Waals surface area contributed by atoms with Gasteiger partial charge in [-0.15, -0.1) is 0 Å². The Morgan fingerprint density at radius 3 is 2.79 bits per heavy atom. The average Bonchev–Trinajstić information content (AvgIpc) is 3.01. The third-order valence-corrected chi connectivity index (χ3v) is 5.21. The second-order valence-electron chi connectivity index (χ2n) is 6.50. The lowest BCUT2D eigenvalue weighted by Gasteiger charge is -2.15. The lowest BCUT2D eigenvalue weighted by atomic mass is 10.1. The maximum Gasteiger partial charge on any atom is 0.191 e. The van der Waals surface area contributed by atoms with Gasteiger partial charge in [-0.2, -0.15) is 11.8 Å². The van der Waals surface area contributed by atoms with Gasteiger partial charge in [0.15, 0.2) is 5.96 Å². The highest BCUT2D eigenvalue weighted by molar-refractivity contribution is 7.97. The SMILES string of the molecule is CN=C(NCCn1c(C)nc2ccccc21)NCc1ccc(F)cc1CSC. The third kappa shape index (κ3) is 4.84. The van der Waals surface area contributed by atoms with Crippen molar-refractivity contribution >= 4 is 28.8 Å². The summed E-state index contributed by atoms with van der Waals surface area (Å²) in [6.45, 7) is 4.14. The smallest absolute Gasteiger partial charge is 0.191 e. The molecule has 3 rings (SSSR count). The largest absolute Gasteiger partial charge is 0.355 e. The number of fused-ring (bicyclic) bond motifs is 1. The molecule has 0 fully saturated rings. The molecule has 0 saturated heterocycles. The first-order valence-electron chi connectivity index (χ1n) is 9.25. The van der Waals surface area contributed by atoms with Gasteiger partial charge < -0.3 is 15.2 Å². The van der Waals surface area contributed by atoms with Crippen LogP contribution in [0.2, 0.25) is 0 Å². The normalized spacial score (nSPS) is 11.8. The van der Waals surface area contributed by atoms with Crippen LogP contribution in [0.25, 0.3) is 11.0 Å². The summed E-state index contributed by atoms with van der Waals surface area (Å²) in [5.41, 5.74) is 4.24. The van der Waals surface area contributed by atoms with E-state index < -0.39 is 0 Å². The fraction of sp³-hybridized carbons (Fsp3) is 0.333. The van der Waals surface area contributed by atoms with Crippen LogP contribution in [0.5, 0.6) is 0 Å². The van der Waals surface area contributed by atoms with E-state index >= 15 is 0 Å². The summed E-state index contributed by atoms with van der Waals surface area (Å²) < 4.78 is 15.7. The van der Waals surface area contributed by atoms with E-state index in [1.54, 1.807) is 24.9 Å². The molecule has 0 radical (unpaired) electrons. The van der Waals surface area contributed by atoms with Gasteiger partial charge in [0.25, 0.3) is 0 Å². The number of hydrogen-bond acceptors (Lipinski definition) is 3. The van der Waals surface area contributed by atoms with Crippen LogP contribution in [-0.4, -0.2) is 35.4 Å². The van der Waals surface area contributed by atoms with Crippen LogP contribution < -0.4 is 10.6 Å². The van der Waals surface area contributed by atoms with Crippen LogP contribution in [0, 0.1) is 12.7 Å². The third-order valence-electron chi connectivity index (χ3n) is 4.61. The number of thioether (sulfide) groups is 1. The quantitative estimate of drug-likeness (QED) is 0.470. The van der Waals surface area contributed by atoms with Crippen molar-refractivity contribution in [2.45, 2.75) is 25.8 Å². The molecule has 28 heavy (non-hydrogen) atoms. The van der Waals surface area contributed by atoms with Crippen LogP contribution in [0.1, 0.15) is 17.0 Å². The van der Waals surface area contributed by atoms with E-state index in [-0.39, 0.29) is 5.82 Å². The molecule has 5 nitrogen and oxygen atoms in total. The first kappa shape index (κ1) is 20.2. The summed E-state index contributed by atoms with van der Waals surface area (Å²) in [6, 6.07) is 13.1. The average molecular weight is 400 g/mol. The molecule has 148 valence electrons. The van der Waals surface area contributed by atoms with E-state index in [0.29, 0.717) is 6.54 Å². The monoisotopic (exact) mass is 399 g/mol. The van der Waals surface area contributed by atoms with Crippen LogP contribution in [-0.2, 0) is 18.8 Å². The van der Waals surface area contributed by atoms with Gasteiger partial charge in [0, 0.05) is 32.4 Å². The molecular weight excluding hydrogens is 373 g/mol. The molecule has 0 aliphatic carbocycles. The first-order valence-corrected chi connectivity index (χ1v) is 10.6. The van der Waals surface area contributed by atoms with E-state index in [1.165, 1.54) is 6.07 Å². The Morgan fingerprint density at radius 1 is 1.18 bits per heavy atom. The van der Waals surface area contributed by atoms with Gasteiger partial charge in [0.1, 0.15) is 11.6 Å². The summed E-state index contributed by atoms with van der Waals surface area (Å²) in [6.07, 6.45) is 2.02. The Morgan fingerprint density at radius 2 is 2.00 bits per heavy atom. The number of guanidine groups is 1. The van der Waals surface area contributed by atoms with Crippen molar-refractivity contribution < 1.29 is 4.39 Å². The molecule has 1 aromatic heterocycles. The lowest BCUT2D eigenvalue weighted by Crippen LogP contribution is -2.38. The fourth-order valence-electron chi connectivity index (χ4n) is 3.22. The Hall–Kier alpha value is -2.54. The summed E-state index contributed by atoms with van der Waals surface area (Å²) in [4.78, 5) is 8.89. The molecule has 0 atom stereocenters. The summed E-state index contributed by atoms with van der Waals surface area (Å²) in [7, 11) is 1.75. The van der Waals surface area contributed by atoms with E-state index in [0.717, 1.165) is 52.8 Å². The number of nitrogens with one attached hydrogen (secondary N) is 2. The second kappa shape index (κ2) is 9.59. The standard InChI is InChI=1S/C21H26FN5S/c1-15-26-19-6-4-5-7-20(19)27(15)11-10-24-21(23-2)25-13-16-8-9-18(22)12-17(16)14-28-3/h4-9,12H,10-11,13-14H2,1-3H3,(H2,23,24,25). The maximum atomic E-state index is 13.5. The first-order chi connectivity index (χ1) is 13.6. The number of imidazole rings is 1. The zero-order chi connectivity index (χ0) is 19.9. The summed E-state index contributed by atoms with van der Waals surface area (Å²) in [5.74, 6) is 2.31. The minimum Gasteiger partial charge on any atom is -0.355 e. The van der Waals surface area contributed by atoms with Crippen LogP contribution in [0.4, 0.5) is 4.39 Å². The number of aryl methyl sites for hydroxylation is 1. The minimum absolute atomic E-state index is 0.196. The van der Waals surface area contributed by atoms with Gasteiger partial charge in [-0.3, -0.25) is 4.99 Å². The molecule has 0 saturated carbocycles. The Labute approximate surface area is 169 Å². The van der Waals surface area contributed by atoms with Crippen LogP contribution in [0.15, 0.2) is 47.5 Å². The molecule has 0 aliphatic rings. The summed E-state index contributed by atoms with van der Waals surface area (Å²) in [5, 5.41) is 6.66. The number of rotatable bonds is 7. The van der Waals surface area contributed by atoms with Gasteiger partial charge in [-0.1, -0.05) is 18.2 Å². The highest BCUT2D eigenvalue weighted by Crippen LogP contribution is 2.17. The fourth-order valence-corrected chi connectivity index (χ4v) is 3.80. The molecule has 7 heteroatoms. The molecule has 2 aromatic carbocycles. The van der Waals surface area contributed by atoms with Gasteiger partial charge >= 0.3 is 0 Å². The number of hydrogen-bond donors (Lipinski definition) is 2. The van der Waals surface area contributed by atoms with Crippen molar-refractivity contribution in [1.82, 2.24) is 20.2 Å². The predicted octanol–water partition coefficient (Wildman–Crippen LogP) is 3.71. The molecular formula is C21H26FN5S. The van der Waals surface area contributed by atoms with Gasteiger partial charge in [-0.05, 0) is 48.6 Å². The van der Waals surface area contributed by atoms with Crippen LogP contribution in [0.3, 0.4) is 0 Å². The summed E-state index contributed by atoms with van der Waals surface area (Å²) >= 11 is 1.68. The molecule has 0 unspecified atom stereocenters. The number of aliphatic imine (C=N–C) groups is 1. The molecule has 0 aliphatic heterocycles. The number of nitrogens with zero attached hydrogens (tertiary/aromatic N) is 3. The predicted molar refractivity (Wildman–Crippen MR) is 116 cm³/mol. The molecule has 1 heterocycles. The molecule has 3 aromatic rings. The lowest BCUT2D eigenvalue weighted by molar-refractivity contribution is 0.624. The zero-order valence-electron chi connectivity index (χ0n) is 16.5. The molecule has 2 N–H and O–H groups in total. The number of halogens is 1. The Balaban J connectivity index is 1.57. The molecule has 0 bridgehead atoms. The molecule has 0 amide bonds. The maximum absolute atomic E-state index is 13.5. The minimum atomic E-state index is -0.196. The van der Waals surface area contributed by atoms with Crippen molar-refractivity contribution in [2.75, 3.05) is 19.8 Å². The van der Waals surface area contributed by atoms with Gasteiger partial charge in [0.05, 0.1) is 11.0 Å². The van der Waals surface area contributed by atoms with Crippen molar-refractivity contribution in [3.8, 4) is 0 Å². The molecule has 0 spiro atoms. The Kier molecular flexibility index (Phi) is 6.92.